The molecule has 21 heavy (non-hydrogen) atoms. The second kappa shape index (κ2) is 6.39. The van der Waals surface area contributed by atoms with Gasteiger partial charge in [-0.1, -0.05) is 67.7 Å². The quantitative estimate of drug-likeness (QED) is 0.497. The van der Waals surface area contributed by atoms with Crippen LogP contribution in [0, 0.1) is 0 Å². The maximum Gasteiger partial charge on any atom is 0.0456 e. The average Bonchev–Trinajstić information content (AvgIpc) is 2.50. The van der Waals surface area contributed by atoms with Gasteiger partial charge in [-0.2, -0.15) is 0 Å². The molecule has 0 amide bonds. The Labute approximate surface area is 145 Å². The van der Waals surface area contributed by atoms with E-state index in [-0.39, 0.29) is 0 Å². The van der Waals surface area contributed by atoms with E-state index in [1.54, 1.807) is 0 Å². The maximum absolute atomic E-state index is 6.24. The van der Waals surface area contributed by atoms with Gasteiger partial charge in [0, 0.05) is 31.6 Å². The Morgan fingerprint density at radius 3 is 2.48 bits per heavy atom. The number of fused-ring (bicyclic) bond motifs is 1. The molecule has 0 fully saturated rings. The van der Waals surface area contributed by atoms with Crippen LogP contribution < -0.4 is 5.32 Å². The zero-order valence-corrected chi connectivity index (χ0v) is 15.0. The summed E-state index contributed by atoms with van der Waals surface area (Å²) in [7, 11) is 0. The summed E-state index contributed by atoms with van der Waals surface area (Å²) in [6.45, 7) is 0.684. The molecule has 106 valence electrons. The molecule has 1 nitrogen and oxygen atoms in total. The van der Waals surface area contributed by atoms with Gasteiger partial charge in [0.05, 0.1) is 0 Å². The van der Waals surface area contributed by atoms with Crippen LogP contribution >= 0.6 is 43.5 Å². The van der Waals surface area contributed by atoms with Crippen LogP contribution in [0.3, 0.4) is 0 Å². The molecule has 0 atom stereocenters. The molecule has 1 N–H and O–H groups in total. The molecule has 0 unspecified atom stereocenters. The van der Waals surface area contributed by atoms with Gasteiger partial charge in [-0.3, -0.25) is 0 Å². The van der Waals surface area contributed by atoms with Crippen molar-refractivity contribution < 1.29 is 0 Å². The van der Waals surface area contributed by atoms with Gasteiger partial charge in [-0.05, 0) is 41.3 Å². The zero-order chi connectivity index (χ0) is 14.8. The van der Waals surface area contributed by atoms with Gasteiger partial charge in [-0.25, -0.2) is 0 Å². The Kier molecular flexibility index (Phi) is 4.53. The highest BCUT2D eigenvalue weighted by Crippen LogP contribution is 2.30. The van der Waals surface area contributed by atoms with E-state index in [9.17, 15) is 0 Å². The van der Waals surface area contributed by atoms with E-state index >= 15 is 0 Å². The molecule has 0 aromatic heterocycles. The summed E-state index contributed by atoms with van der Waals surface area (Å²) in [5, 5.41) is 6.63. The monoisotopic (exact) mass is 423 g/mol. The summed E-state index contributed by atoms with van der Waals surface area (Å²) in [4.78, 5) is 0. The van der Waals surface area contributed by atoms with Crippen LogP contribution in [-0.4, -0.2) is 0 Å². The number of halogens is 3. The van der Waals surface area contributed by atoms with Crippen molar-refractivity contribution in [3.63, 3.8) is 0 Å². The molecule has 0 bridgehead atoms. The van der Waals surface area contributed by atoms with Gasteiger partial charge >= 0.3 is 0 Å². The molecular formula is C17H12Br2ClN. The first-order valence-corrected chi connectivity index (χ1v) is 8.46. The standard InChI is InChI=1S/C17H12Br2ClN/c18-12-5-7-16(20)11(9-12)10-21-17-8-6-15(19)13-3-1-2-4-14(13)17/h1-9,21H,10H2. The molecular weight excluding hydrogens is 413 g/mol. The third-order valence-corrected chi connectivity index (χ3v) is 4.90. The lowest BCUT2D eigenvalue weighted by molar-refractivity contribution is 1.15. The number of hydrogen-bond donors (Lipinski definition) is 1. The summed E-state index contributed by atoms with van der Waals surface area (Å²) in [6, 6.07) is 18.3. The van der Waals surface area contributed by atoms with Crippen molar-refractivity contribution in [1.29, 1.82) is 0 Å². The summed E-state index contributed by atoms with van der Waals surface area (Å²) < 4.78 is 2.13. The van der Waals surface area contributed by atoms with Gasteiger partial charge in [-0.15, -0.1) is 0 Å². The van der Waals surface area contributed by atoms with Crippen molar-refractivity contribution >= 4 is 59.9 Å². The minimum atomic E-state index is 0.684. The van der Waals surface area contributed by atoms with Crippen molar-refractivity contribution in [2.45, 2.75) is 6.54 Å². The molecule has 0 aliphatic rings. The number of benzene rings is 3. The topological polar surface area (TPSA) is 12.0 Å². The predicted octanol–water partition coefficient (Wildman–Crippen LogP) is 6.63. The fourth-order valence-electron chi connectivity index (χ4n) is 2.29. The van der Waals surface area contributed by atoms with Crippen LogP contribution in [-0.2, 0) is 6.54 Å². The summed E-state index contributed by atoms with van der Waals surface area (Å²) in [5.41, 5.74) is 2.17. The van der Waals surface area contributed by atoms with Gasteiger partial charge in [0.2, 0.25) is 0 Å². The van der Waals surface area contributed by atoms with E-state index in [4.69, 9.17) is 11.6 Å². The third-order valence-electron chi connectivity index (χ3n) is 3.35. The molecule has 3 aromatic carbocycles. The minimum absolute atomic E-state index is 0.684. The average molecular weight is 426 g/mol. The van der Waals surface area contributed by atoms with Crippen molar-refractivity contribution in [2.24, 2.45) is 0 Å². The smallest absolute Gasteiger partial charge is 0.0456 e. The third kappa shape index (κ3) is 3.25. The Balaban J connectivity index is 1.92. The van der Waals surface area contributed by atoms with Crippen LogP contribution in [0.15, 0.2) is 63.5 Å². The molecule has 0 heterocycles. The first-order valence-electron chi connectivity index (χ1n) is 6.50. The number of rotatable bonds is 3. The Morgan fingerprint density at radius 2 is 1.67 bits per heavy atom. The van der Waals surface area contributed by atoms with Crippen LogP contribution in [0.25, 0.3) is 10.8 Å². The largest absolute Gasteiger partial charge is 0.380 e. The lowest BCUT2D eigenvalue weighted by atomic mass is 10.1. The highest BCUT2D eigenvalue weighted by molar-refractivity contribution is 9.11. The van der Waals surface area contributed by atoms with E-state index in [2.05, 4.69) is 61.4 Å². The first kappa shape index (κ1) is 14.9. The number of hydrogen-bond acceptors (Lipinski definition) is 1. The van der Waals surface area contributed by atoms with E-state index in [1.807, 2.05) is 30.3 Å². The van der Waals surface area contributed by atoms with Gasteiger partial charge < -0.3 is 5.32 Å². The SMILES string of the molecule is Clc1ccc(Br)cc1CNc1ccc(Br)c2ccccc12. The Bertz CT molecular complexity index is 802. The molecule has 3 aromatic rings. The molecule has 0 saturated carbocycles. The fourth-order valence-corrected chi connectivity index (χ4v) is 3.36. The Morgan fingerprint density at radius 1 is 0.905 bits per heavy atom. The molecule has 0 radical (unpaired) electrons. The van der Waals surface area contributed by atoms with Crippen LogP contribution in [0.1, 0.15) is 5.56 Å². The summed E-state index contributed by atoms with van der Waals surface area (Å²) in [5.74, 6) is 0. The van der Waals surface area contributed by atoms with Crippen LogP contribution in [0.2, 0.25) is 5.02 Å². The first-order chi connectivity index (χ1) is 10.1. The Hall–Kier alpha value is -1.03. The van der Waals surface area contributed by atoms with Gasteiger partial charge in [0.1, 0.15) is 0 Å². The fraction of sp³-hybridized carbons (Fsp3) is 0.0588. The normalized spacial score (nSPS) is 10.8. The lowest BCUT2D eigenvalue weighted by Crippen LogP contribution is -2.00. The highest BCUT2D eigenvalue weighted by Gasteiger charge is 2.05. The molecule has 4 heteroatoms. The number of anilines is 1. The second-order valence-corrected chi connectivity index (χ2v) is 6.91. The molecule has 0 aliphatic heterocycles. The van der Waals surface area contributed by atoms with E-state index in [0.29, 0.717) is 6.54 Å². The summed E-state index contributed by atoms with van der Waals surface area (Å²) >= 11 is 13.3. The van der Waals surface area contributed by atoms with E-state index < -0.39 is 0 Å². The van der Waals surface area contributed by atoms with Gasteiger partial charge in [0.25, 0.3) is 0 Å². The van der Waals surface area contributed by atoms with Gasteiger partial charge in [0.15, 0.2) is 0 Å². The molecule has 0 aliphatic carbocycles. The van der Waals surface area contributed by atoms with Crippen LogP contribution in [0.5, 0.6) is 0 Å². The maximum atomic E-state index is 6.24. The second-order valence-electron chi connectivity index (χ2n) is 4.73. The van der Waals surface area contributed by atoms with Crippen molar-refractivity contribution in [3.8, 4) is 0 Å². The van der Waals surface area contributed by atoms with E-state index in [1.165, 1.54) is 10.8 Å². The van der Waals surface area contributed by atoms with Crippen molar-refractivity contribution in [1.82, 2.24) is 0 Å². The lowest BCUT2D eigenvalue weighted by Gasteiger charge is -2.12. The zero-order valence-electron chi connectivity index (χ0n) is 11.0. The van der Waals surface area contributed by atoms with Crippen LogP contribution in [0.4, 0.5) is 5.69 Å². The predicted molar refractivity (Wildman–Crippen MR) is 98.1 cm³/mol. The molecule has 0 saturated heterocycles. The highest BCUT2D eigenvalue weighted by atomic mass is 79.9. The van der Waals surface area contributed by atoms with E-state index in [0.717, 1.165) is 25.2 Å². The summed E-state index contributed by atoms with van der Waals surface area (Å²) in [6.07, 6.45) is 0. The van der Waals surface area contributed by atoms with Crippen molar-refractivity contribution in [2.75, 3.05) is 5.32 Å². The minimum Gasteiger partial charge on any atom is -0.380 e. The molecule has 0 spiro atoms. The number of nitrogens with one attached hydrogen (secondary N) is 1. The van der Waals surface area contributed by atoms with Crippen molar-refractivity contribution in [3.05, 3.63) is 74.1 Å². The molecule has 3 rings (SSSR count).